The van der Waals surface area contributed by atoms with E-state index < -0.39 is 69.6 Å². The van der Waals surface area contributed by atoms with Crippen molar-refractivity contribution in [2.24, 2.45) is 34.5 Å². The van der Waals surface area contributed by atoms with Gasteiger partial charge in [0.25, 0.3) is 5.91 Å². The summed E-state index contributed by atoms with van der Waals surface area (Å²) in [6, 6.07) is 8.37. The second-order valence-corrected chi connectivity index (χ2v) is 12.0. The number of hydrogen-bond donors (Lipinski definition) is 1. The monoisotopic (exact) mass is 517 g/mol. The van der Waals surface area contributed by atoms with E-state index in [1.54, 1.807) is 50.3 Å². The number of nitrogens with zero attached hydrogens (tertiary/aromatic N) is 2. The summed E-state index contributed by atoms with van der Waals surface area (Å²) in [5, 5.41) is 2.97. The molecule has 2 bridgehead atoms. The number of likely N-dealkylation sites (tertiary alicyclic amines) is 2. The molecule has 38 heavy (non-hydrogen) atoms. The van der Waals surface area contributed by atoms with Crippen LogP contribution in [-0.2, 0) is 24.0 Å². The fraction of sp³-hybridized carbons (Fsp3) is 0.517. The topological polar surface area (TPSA) is 121 Å². The van der Waals surface area contributed by atoms with E-state index in [1.165, 1.54) is 0 Å². The number of Topliss-reactive ketones (excluding diaryl/α,β-unsaturated/α-hetero) is 1. The number of amides is 5. The van der Waals surface area contributed by atoms with E-state index in [0.717, 1.165) is 9.80 Å². The van der Waals surface area contributed by atoms with Crippen LogP contribution in [0.15, 0.2) is 42.0 Å². The third kappa shape index (κ3) is 2.77. The number of hydrogen-bond acceptors (Lipinski definition) is 6. The summed E-state index contributed by atoms with van der Waals surface area (Å²) in [5.41, 5.74) is -2.92. The van der Waals surface area contributed by atoms with Gasteiger partial charge < -0.3 is 5.32 Å². The molecule has 1 N–H and O–H groups in total. The first-order valence-electron chi connectivity index (χ1n) is 13.3. The predicted molar refractivity (Wildman–Crippen MR) is 134 cm³/mol. The molecule has 0 aromatic heterocycles. The second kappa shape index (κ2) is 7.71. The summed E-state index contributed by atoms with van der Waals surface area (Å²) < 4.78 is 0. The largest absolute Gasteiger partial charge is 0.341 e. The molecule has 4 atom stereocenters. The highest BCUT2D eigenvalue weighted by molar-refractivity contribution is 6.16. The molecule has 4 fully saturated rings. The zero-order valence-electron chi connectivity index (χ0n) is 21.9. The van der Waals surface area contributed by atoms with Crippen LogP contribution >= 0.6 is 0 Å². The van der Waals surface area contributed by atoms with Crippen molar-refractivity contribution >= 4 is 35.3 Å². The van der Waals surface area contributed by atoms with Crippen molar-refractivity contribution in [3.63, 3.8) is 0 Å². The van der Waals surface area contributed by atoms with Crippen LogP contribution in [0, 0.1) is 34.5 Å². The van der Waals surface area contributed by atoms with Gasteiger partial charge >= 0.3 is 0 Å². The Labute approximate surface area is 220 Å². The van der Waals surface area contributed by atoms with Gasteiger partial charge in [0, 0.05) is 36.1 Å². The Morgan fingerprint density at radius 2 is 1.34 bits per heavy atom. The number of nitrogens with one attached hydrogen (secondary N) is 1. The van der Waals surface area contributed by atoms with Crippen molar-refractivity contribution in [2.75, 3.05) is 13.1 Å². The molecule has 2 heterocycles. The lowest BCUT2D eigenvalue weighted by molar-refractivity contribution is -0.162. The van der Waals surface area contributed by atoms with Crippen molar-refractivity contribution in [1.82, 2.24) is 15.1 Å². The molecule has 9 nitrogen and oxygen atoms in total. The molecule has 6 aliphatic rings. The first-order chi connectivity index (χ1) is 17.9. The van der Waals surface area contributed by atoms with Crippen LogP contribution in [0.25, 0.3) is 0 Å². The van der Waals surface area contributed by atoms with E-state index in [4.69, 9.17) is 0 Å². The highest BCUT2D eigenvalue weighted by Crippen LogP contribution is 2.72. The number of imide groups is 2. The molecule has 9 heteroatoms. The number of ketones is 1. The number of benzene rings is 1. The van der Waals surface area contributed by atoms with E-state index in [1.807, 2.05) is 13.8 Å². The summed E-state index contributed by atoms with van der Waals surface area (Å²) in [6.07, 6.45) is 2.12. The highest BCUT2D eigenvalue weighted by atomic mass is 16.2. The van der Waals surface area contributed by atoms with Gasteiger partial charge in [-0.1, -0.05) is 38.1 Å². The number of carbonyl (C=O) groups excluding carboxylic acids is 6. The van der Waals surface area contributed by atoms with Gasteiger partial charge in [0.15, 0.2) is 5.78 Å². The van der Waals surface area contributed by atoms with Crippen molar-refractivity contribution in [3.05, 3.63) is 47.5 Å². The van der Waals surface area contributed by atoms with Gasteiger partial charge in [-0.25, -0.2) is 0 Å². The van der Waals surface area contributed by atoms with E-state index in [-0.39, 0.29) is 25.3 Å². The van der Waals surface area contributed by atoms with Gasteiger partial charge in [0.05, 0.1) is 29.2 Å². The molecule has 0 radical (unpaired) electrons. The number of allylic oxidation sites excluding steroid dienone is 1. The van der Waals surface area contributed by atoms with Gasteiger partial charge in [0.2, 0.25) is 23.6 Å². The molecule has 198 valence electrons. The Morgan fingerprint density at radius 3 is 1.84 bits per heavy atom. The van der Waals surface area contributed by atoms with Crippen molar-refractivity contribution < 1.29 is 28.8 Å². The van der Waals surface area contributed by atoms with Crippen LogP contribution in [0.1, 0.15) is 50.9 Å². The normalized spacial score (nSPS) is 36.7. The molecule has 4 unspecified atom stereocenters. The minimum atomic E-state index is -1.69. The molecule has 7 rings (SSSR count). The van der Waals surface area contributed by atoms with E-state index in [9.17, 15) is 28.8 Å². The molecule has 4 aliphatic carbocycles. The van der Waals surface area contributed by atoms with Crippen LogP contribution in [0.4, 0.5) is 0 Å². The van der Waals surface area contributed by atoms with Gasteiger partial charge in [-0.15, -0.1) is 0 Å². The number of carbonyl (C=O) groups is 6. The quantitative estimate of drug-likeness (QED) is 0.608. The molecule has 1 aromatic carbocycles. The SMILES string of the molecule is CCN1C(=O)C2C(C1=O)C13CC(C)(C)CC(=O)C1=CC2(NC(=O)c1ccccc1)C1C(=O)N(CC)C(=O)C13. The average molecular weight is 518 g/mol. The molecular weight excluding hydrogens is 486 g/mol. The highest BCUT2D eigenvalue weighted by Gasteiger charge is 2.82. The van der Waals surface area contributed by atoms with E-state index in [2.05, 4.69) is 5.32 Å². The zero-order chi connectivity index (χ0) is 27.4. The molecule has 2 saturated heterocycles. The van der Waals surface area contributed by atoms with Crippen LogP contribution in [0.5, 0.6) is 0 Å². The van der Waals surface area contributed by atoms with Gasteiger partial charge in [-0.3, -0.25) is 38.6 Å². The Morgan fingerprint density at radius 1 is 0.842 bits per heavy atom. The molecule has 5 amide bonds. The number of rotatable bonds is 4. The lowest BCUT2D eigenvalue weighted by Gasteiger charge is -2.64. The van der Waals surface area contributed by atoms with Gasteiger partial charge in [0.1, 0.15) is 0 Å². The summed E-state index contributed by atoms with van der Waals surface area (Å²) >= 11 is 0. The molecule has 1 aromatic rings. The fourth-order valence-corrected chi connectivity index (χ4v) is 8.44. The lowest BCUT2D eigenvalue weighted by Crippen LogP contribution is -2.75. The summed E-state index contributed by atoms with van der Waals surface area (Å²) in [5.74, 6) is -6.81. The van der Waals surface area contributed by atoms with Crippen molar-refractivity contribution in [2.45, 2.75) is 46.1 Å². The zero-order valence-corrected chi connectivity index (χ0v) is 21.9. The molecule has 2 aliphatic heterocycles. The molecule has 2 saturated carbocycles. The van der Waals surface area contributed by atoms with Crippen molar-refractivity contribution in [3.8, 4) is 0 Å². The standard InChI is InChI=1S/C29H31N3O6/c1-5-31-23(35)18-20(25(31)37)29(30-22(34)15-10-8-7-9-11-15)12-16-17(33)13-27(3,4)14-28(16,18)19-21(29)26(38)32(6-2)24(19)36/h7-12,18-21H,5-6,13-14H2,1-4H3,(H,30,34). The van der Waals surface area contributed by atoms with Gasteiger partial charge in [-0.2, -0.15) is 0 Å². The summed E-state index contributed by atoms with van der Waals surface area (Å²) in [7, 11) is 0. The van der Waals surface area contributed by atoms with Crippen LogP contribution in [0.3, 0.4) is 0 Å². The second-order valence-electron chi connectivity index (χ2n) is 12.0. The first-order valence-corrected chi connectivity index (χ1v) is 13.3. The maximum atomic E-state index is 14.0. The lowest BCUT2D eigenvalue weighted by atomic mass is 9.37. The maximum absolute atomic E-state index is 14.0. The average Bonchev–Trinajstić information content (AvgIpc) is 3.30. The third-order valence-electron chi connectivity index (χ3n) is 9.53. The first kappa shape index (κ1) is 24.7. The summed E-state index contributed by atoms with van der Waals surface area (Å²) in [6.45, 7) is 7.48. The fourth-order valence-electron chi connectivity index (χ4n) is 8.44. The minimum Gasteiger partial charge on any atom is -0.341 e. The Kier molecular flexibility index (Phi) is 5.01. The Hall–Kier alpha value is -3.62. The minimum absolute atomic E-state index is 0.119. The third-order valence-corrected chi connectivity index (χ3v) is 9.53. The maximum Gasteiger partial charge on any atom is 0.252 e. The van der Waals surface area contributed by atoms with Crippen LogP contribution in [0.2, 0.25) is 0 Å². The van der Waals surface area contributed by atoms with E-state index >= 15 is 0 Å². The van der Waals surface area contributed by atoms with E-state index in [0.29, 0.717) is 17.6 Å². The van der Waals surface area contributed by atoms with Crippen molar-refractivity contribution in [1.29, 1.82) is 0 Å². The van der Waals surface area contributed by atoms with Gasteiger partial charge in [-0.05, 0) is 37.8 Å². The molecule has 1 spiro atoms. The smallest absolute Gasteiger partial charge is 0.252 e. The van der Waals surface area contributed by atoms with Crippen LogP contribution < -0.4 is 5.32 Å². The molecular formula is C29H31N3O6. The summed E-state index contributed by atoms with van der Waals surface area (Å²) in [4.78, 5) is 85.7. The van der Waals surface area contributed by atoms with Crippen LogP contribution in [-0.4, -0.2) is 63.7 Å². The Balaban J connectivity index is 1.67. The predicted octanol–water partition coefficient (Wildman–Crippen LogP) is 1.73. The Bertz CT molecular complexity index is 1310.